The fourth-order valence-electron chi connectivity index (χ4n) is 2.54. The second-order valence-corrected chi connectivity index (χ2v) is 6.01. The molecule has 0 saturated heterocycles. The SMILES string of the molecule is Cc1cccc2nc(CCCl)n(-c3c(Cl)cccc3Cl)c12. The maximum Gasteiger partial charge on any atom is 0.115 e. The zero-order chi connectivity index (χ0) is 15.0. The second-order valence-electron chi connectivity index (χ2n) is 4.82. The summed E-state index contributed by atoms with van der Waals surface area (Å²) in [5.41, 5.74) is 3.83. The lowest BCUT2D eigenvalue weighted by molar-refractivity contribution is 0.911. The van der Waals surface area contributed by atoms with Crippen molar-refractivity contribution in [2.24, 2.45) is 0 Å². The second kappa shape index (κ2) is 5.88. The molecule has 0 unspecified atom stereocenters. The van der Waals surface area contributed by atoms with Gasteiger partial charge in [-0.3, -0.25) is 4.57 Å². The van der Waals surface area contributed by atoms with Gasteiger partial charge in [-0.15, -0.1) is 11.6 Å². The Kier molecular flexibility index (Phi) is 4.12. The minimum Gasteiger partial charge on any atom is -0.293 e. The summed E-state index contributed by atoms with van der Waals surface area (Å²) >= 11 is 18.7. The Labute approximate surface area is 138 Å². The Morgan fingerprint density at radius 1 is 1.05 bits per heavy atom. The van der Waals surface area contributed by atoms with E-state index in [9.17, 15) is 0 Å². The zero-order valence-electron chi connectivity index (χ0n) is 11.4. The Morgan fingerprint density at radius 3 is 2.38 bits per heavy atom. The lowest BCUT2D eigenvalue weighted by atomic mass is 10.2. The molecule has 108 valence electrons. The van der Waals surface area contributed by atoms with Gasteiger partial charge in [0.25, 0.3) is 0 Å². The summed E-state index contributed by atoms with van der Waals surface area (Å²) in [6.45, 7) is 2.05. The van der Waals surface area contributed by atoms with E-state index in [4.69, 9.17) is 34.8 Å². The predicted octanol–water partition coefficient (Wildman–Crippen LogP) is 5.42. The van der Waals surface area contributed by atoms with Gasteiger partial charge in [0.1, 0.15) is 5.82 Å². The first kappa shape index (κ1) is 14.7. The number of aryl methyl sites for hydroxylation is 2. The lowest BCUT2D eigenvalue weighted by Crippen LogP contribution is -2.04. The Bertz CT molecular complexity index is 788. The third-order valence-electron chi connectivity index (χ3n) is 3.43. The van der Waals surface area contributed by atoms with Crippen molar-refractivity contribution in [3.63, 3.8) is 0 Å². The van der Waals surface area contributed by atoms with Gasteiger partial charge in [-0.2, -0.15) is 0 Å². The van der Waals surface area contributed by atoms with Crippen LogP contribution in [0.15, 0.2) is 36.4 Å². The highest BCUT2D eigenvalue weighted by Crippen LogP contribution is 2.33. The third kappa shape index (κ3) is 2.52. The third-order valence-corrected chi connectivity index (χ3v) is 4.23. The van der Waals surface area contributed by atoms with Crippen molar-refractivity contribution < 1.29 is 0 Å². The maximum atomic E-state index is 6.38. The molecule has 0 aliphatic rings. The molecular weight excluding hydrogens is 327 g/mol. The fourth-order valence-corrected chi connectivity index (χ4v) is 3.27. The summed E-state index contributed by atoms with van der Waals surface area (Å²) in [5, 5.41) is 1.20. The summed E-state index contributed by atoms with van der Waals surface area (Å²) in [7, 11) is 0. The van der Waals surface area contributed by atoms with Crippen LogP contribution in [0.1, 0.15) is 11.4 Å². The van der Waals surface area contributed by atoms with Crippen LogP contribution in [0, 0.1) is 6.92 Å². The van der Waals surface area contributed by atoms with Crippen molar-refractivity contribution in [2.45, 2.75) is 13.3 Å². The highest BCUT2D eigenvalue weighted by molar-refractivity contribution is 6.37. The predicted molar refractivity (Wildman–Crippen MR) is 90.3 cm³/mol. The molecule has 0 spiro atoms. The first-order chi connectivity index (χ1) is 10.1. The molecule has 0 N–H and O–H groups in total. The van der Waals surface area contributed by atoms with Gasteiger partial charge in [0, 0.05) is 12.3 Å². The van der Waals surface area contributed by atoms with Gasteiger partial charge >= 0.3 is 0 Å². The Balaban J connectivity index is 2.42. The molecule has 3 rings (SSSR count). The molecular formula is C16H13Cl3N2. The van der Waals surface area contributed by atoms with E-state index in [1.165, 1.54) is 0 Å². The molecule has 0 aliphatic carbocycles. The summed E-state index contributed by atoms with van der Waals surface area (Å²) < 4.78 is 2.03. The molecule has 0 amide bonds. The van der Waals surface area contributed by atoms with Gasteiger partial charge in [-0.1, -0.05) is 41.4 Å². The van der Waals surface area contributed by atoms with Gasteiger partial charge in [0.15, 0.2) is 0 Å². The molecule has 0 aliphatic heterocycles. The van der Waals surface area contributed by atoms with E-state index < -0.39 is 0 Å². The summed E-state index contributed by atoms with van der Waals surface area (Å²) in [6.07, 6.45) is 0.650. The van der Waals surface area contributed by atoms with Crippen LogP contribution in [0.25, 0.3) is 16.7 Å². The smallest absolute Gasteiger partial charge is 0.115 e. The van der Waals surface area contributed by atoms with Crippen LogP contribution in [-0.2, 0) is 6.42 Å². The average Bonchev–Trinajstić information content (AvgIpc) is 2.79. The fraction of sp³-hybridized carbons (Fsp3) is 0.188. The van der Waals surface area contributed by atoms with Gasteiger partial charge in [-0.25, -0.2) is 4.98 Å². The van der Waals surface area contributed by atoms with Gasteiger partial charge < -0.3 is 0 Å². The molecule has 0 radical (unpaired) electrons. The number of hydrogen-bond donors (Lipinski definition) is 0. The van der Waals surface area contributed by atoms with Crippen molar-refractivity contribution in [2.75, 3.05) is 5.88 Å². The van der Waals surface area contributed by atoms with Crippen LogP contribution < -0.4 is 0 Å². The van der Waals surface area contributed by atoms with Crippen molar-refractivity contribution in [1.29, 1.82) is 0 Å². The maximum absolute atomic E-state index is 6.38. The molecule has 3 aromatic rings. The van der Waals surface area contributed by atoms with Crippen LogP contribution in [0.3, 0.4) is 0 Å². The monoisotopic (exact) mass is 338 g/mol. The van der Waals surface area contributed by atoms with Crippen LogP contribution in [-0.4, -0.2) is 15.4 Å². The highest BCUT2D eigenvalue weighted by Gasteiger charge is 2.18. The number of benzene rings is 2. The summed E-state index contributed by atoms with van der Waals surface area (Å²) in [6, 6.07) is 11.5. The molecule has 0 bridgehead atoms. The number of hydrogen-bond acceptors (Lipinski definition) is 1. The molecule has 2 nitrogen and oxygen atoms in total. The van der Waals surface area contributed by atoms with Crippen molar-refractivity contribution in [1.82, 2.24) is 9.55 Å². The zero-order valence-corrected chi connectivity index (χ0v) is 13.7. The van der Waals surface area contributed by atoms with Gasteiger partial charge in [0.05, 0.1) is 26.8 Å². The number of para-hydroxylation sites is 2. The lowest BCUT2D eigenvalue weighted by Gasteiger charge is -2.13. The largest absolute Gasteiger partial charge is 0.293 e. The summed E-state index contributed by atoms with van der Waals surface area (Å²) in [4.78, 5) is 4.68. The van der Waals surface area contributed by atoms with Crippen LogP contribution in [0.5, 0.6) is 0 Å². The van der Waals surface area contributed by atoms with Crippen molar-refractivity contribution in [3.8, 4) is 5.69 Å². The van der Waals surface area contributed by atoms with E-state index in [1.807, 2.05) is 34.9 Å². The normalized spacial score (nSPS) is 11.2. The van der Waals surface area contributed by atoms with Crippen LogP contribution in [0.4, 0.5) is 0 Å². The van der Waals surface area contributed by atoms with E-state index >= 15 is 0 Å². The average molecular weight is 340 g/mol. The number of fused-ring (bicyclic) bond motifs is 1. The van der Waals surface area contributed by atoms with Gasteiger partial charge in [-0.05, 0) is 30.7 Å². The quantitative estimate of drug-likeness (QED) is 0.582. The number of imidazole rings is 1. The first-order valence-corrected chi connectivity index (χ1v) is 7.90. The summed E-state index contributed by atoms with van der Waals surface area (Å²) in [5.74, 6) is 1.36. The van der Waals surface area contributed by atoms with Crippen molar-refractivity contribution >= 4 is 45.8 Å². The number of halogens is 3. The van der Waals surface area contributed by atoms with E-state index in [1.54, 1.807) is 0 Å². The number of rotatable bonds is 3. The Morgan fingerprint density at radius 2 is 1.71 bits per heavy atom. The standard InChI is InChI=1S/C16H13Cl3N2/c1-10-4-2-7-13-15(10)21(14(20-13)8-9-17)16-11(18)5-3-6-12(16)19/h2-7H,8-9H2,1H3. The molecule has 5 heteroatoms. The van der Waals surface area contributed by atoms with Crippen molar-refractivity contribution in [3.05, 3.63) is 57.8 Å². The van der Waals surface area contributed by atoms with E-state index in [2.05, 4.69) is 18.0 Å². The van der Waals surface area contributed by atoms with Crippen LogP contribution >= 0.6 is 34.8 Å². The topological polar surface area (TPSA) is 17.8 Å². The highest BCUT2D eigenvalue weighted by atomic mass is 35.5. The molecule has 1 heterocycles. The molecule has 2 aromatic carbocycles. The first-order valence-electron chi connectivity index (χ1n) is 6.60. The Hall–Kier alpha value is -1.22. The molecule has 1 aromatic heterocycles. The molecule has 0 atom stereocenters. The number of aromatic nitrogens is 2. The minimum atomic E-state index is 0.491. The molecule has 21 heavy (non-hydrogen) atoms. The minimum absolute atomic E-state index is 0.491. The van der Waals surface area contributed by atoms with E-state index in [-0.39, 0.29) is 0 Å². The molecule has 0 fully saturated rings. The van der Waals surface area contributed by atoms with Crippen LogP contribution in [0.2, 0.25) is 10.0 Å². The van der Waals surface area contributed by atoms with Gasteiger partial charge in [0.2, 0.25) is 0 Å². The molecule has 0 saturated carbocycles. The van der Waals surface area contributed by atoms with E-state index in [0.717, 1.165) is 28.1 Å². The van der Waals surface area contributed by atoms with E-state index in [0.29, 0.717) is 22.3 Å². The number of alkyl halides is 1. The number of nitrogens with zero attached hydrogens (tertiary/aromatic N) is 2.